The van der Waals surface area contributed by atoms with Gasteiger partial charge in [0.25, 0.3) is 0 Å². The molecule has 6 heteroatoms. The largest absolute Gasteiger partial charge is 0.462 e. The van der Waals surface area contributed by atoms with Gasteiger partial charge in [0.2, 0.25) is 0 Å². The number of carbonyl (C=O) groups excluding carboxylic acids is 3. The van der Waals surface area contributed by atoms with Crippen molar-refractivity contribution in [2.45, 2.75) is 348 Å². The Labute approximate surface area is 514 Å². The Balaban J connectivity index is 4.16. The highest BCUT2D eigenvalue weighted by Crippen LogP contribution is 2.18. The SMILES string of the molecule is CC/C=C\C/C=C\C/C=C\C/C=C\C/C=C\CCCCCCCCCCCCCCCCCCCCCC(=O)OCC(COC(=O)CCCCCCCCCCCCCCCCC)OC(=O)CCCC/C=C\C/C=C\C/C=C\C/C=C\CC. The fourth-order valence-electron chi connectivity index (χ4n) is 10.1. The molecule has 0 radical (unpaired) electrons. The van der Waals surface area contributed by atoms with Crippen molar-refractivity contribution in [3.8, 4) is 0 Å². The van der Waals surface area contributed by atoms with Crippen LogP contribution in [0.2, 0.25) is 0 Å². The van der Waals surface area contributed by atoms with Gasteiger partial charge in [-0.3, -0.25) is 14.4 Å². The zero-order chi connectivity index (χ0) is 59.9. The molecule has 6 nitrogen and oxygen atoms in total. The number of ether oxygens (including phenoxy) is 3. The van der Waals surface area contributed by atoms with Crippen LogP contribution in [0.5, 0.6) is 0 Å². The monoisotopic (exact) mass is 1150 g/mol. The van der Waals surface area contributed by atoms with E-state index in [2.05, 4.69) is 130 Å². The van der Waals surface area contributed by atoms with Gasteiger partial charge in [0.1, 0.15) is 13.2 Å². The second kappa shape index (κ2) is 70.6. The smallest absolute Gasteiger partial charge is 0.306 e. The predicted molar refractivity (Wildman–Crippen MR) is 362 cm³/mol. The van der Waals surface area contributed by atoms with Gasteiger partial charge >= 0.3 is 17.9 Å². The Morgan fingerprint density at radius 3 is 0.759 bits per heavy atom. The van der Waals surface area contributed by atoms with Gasteiger partial charge in [0.15, 0.2) is 6.10 Å². The Morgan fingerprint density at radius 2 is 0.470 bits per heavy atom. The van der Waals surface area contributed by atoms with Crippen LogP contribution in [0, 0.1) is 0 Å². The minimum absolute atomic E-state index is 0.0897. The van der Waals surface area contributed by atoms with Gasteiger partial charge in [-0.15, -0.1) is 0 Å². The van der Waals surface area contributed by atoms with Crippen molar-refractivity contribution in [2.75, 3.05) is 13.2 Å². The van der Waals surface area contributed by atoms with Gasteiger partial charge < -0.3 is 14.2 Å². The zero-order valence-corrected chi connectivity index (χ0v) is 54.7. The number of carbonyl (C=O) groups is 3. The minimum Gasteiger partial charge on any atom is -0.462 e. The van der Waals surface area contributed by atoms with E-state index in [9.17, 15) is 14.4 Å². The van der Waals surface area contributed by atoms with Crippen LogP contribution in [0.3, 0.4) is 0 Å². The molecular weight excluding hydrogens is 1020 g/mol. The average Bonchev–Trinajstić information content (AvgIpc) is 3.49. The van der Waals surface area contributed by atoms with E-state index in [1.54, 1.807) is 0 Å². The van der Waals surface area contributed by atoms with Crippen LogP contribution < -0.4 is 0 Å². The van der Waals surface area contributed by atoms with Crippen LogP contribution >= 0.6 is 0 Å². The van der Waals surface area contributed by atoms with E-state index in [-0.39, 0.29) is 37.5 Å². The maximum Gasteiger partial charge on any atom is 0.306 e. The molecular formula is C77H132O6. The summed E-state index contributed by atoms with van der Waals surface area (Å²) in [5, 5.41) is 0. The van der Waals surface area contributed by atoms with Crippen molar-refractivity contribution >= 4 is 17.9 Å². The summed E-state index contributed by atoms with van der Waals surface area (Å²) in [6.07, 6.45) is 97.1. The summed E-state index contributed by atoms with van der Waals surface area (Å²) in [5.74, 6) is -0.915. The Kier molecular flexibility index (Phi) is 67.2. The van der Waals surface area contributed by atoms with Gasteiger partial charge in [0.05, 0.1) is 0 Å². The first-order valence-corrected chi connectivity index (χ1v) is 35.4. The fraction of sp³-hybridized carbons (Fsp3) is 0.727. The molecule has 0 rings (SSSR count). The van der Waals surface area contributed by atoms with Crippen molar-refractivity contribution < 1.29 is 28.6 Å². The van der Waals surface area contributed by atoms with E-state index in [0.29, 0.717) is 19.3 Å². The molecule has 0 fully saturated rings. The van der Waals surface area contributed by atoms with Gasteiger partial charge in [-0.25, -0.2) is 0 Å². The molecule has 0 aliphatic carbocycles. The number of hydrogen-bond acceptors (Lipinski definition) is 6. The number of hydrogen-bond donors (Lipinski definition) is 0. The number of allylic oxidation sites excluding steroid dienone is 18. The topological polar surface area (TPSA) is 78.9 Å². The molecule has 83 heavy (non-hydrogen) atoms. The van der Waals surface area contributed by atoms with Crippen molar-refractivity contribution in [3.05, 3.63) is 109 Å². The molecule has 0 aromatic carbocycles. The first kappa shape index (κ1) is 79.1. The van der Waals surface area contributed by atoms with Crippen LogP contribution in [-0.2, 0) is 28.6 Å². The Morgan fingerprint density at radius 1 is 0.253 bits per heavy atom. The summed E-state index contributed by atoms with van der Waals surface area (Å²) < 4.78 is 16.9. The molecule has 0 N–H and O–H groups in total. The molecule has 0 bridgehead atoms. The van der Waals surface area contributed by atoms with Crippen LogP contribution in [0.4, 0.5) is 0 Å². The second-order valence-corrected chi connectivity index (χ2v) is 23.4. The summed E-state index contributed by atoms with van der Waals surface area (Å²) in [6.45, 7) is 6.42. The third-order valence-corrected chi connectivity index (χ3v) is 15.3. The van der Waals surface area contributed by atoms with Gasteiger partial charge in [-0.05, 0) is 103 Å². The third-order valence-electron chi connectivity index (χ3n) is 15.3. The van der Waals surface area contributed by atoms with Crippen molar-refractivity contribution in [1.82, 2.24) is 0 Å². The Hall–Kier alpha value is -3.93. The molecule has 0 aromatic heterocycles. The van der Waals surface area contributed by atoms with Crippen LogP contribution in [-0.4, -0.2) is 37.2 Å². The zero-order valence-electron chi connectivity index (χ0n) is 54.7. The maximum absolute atomic E-state index is 12.9. The minimum atomic E-state index is -0.798. The van der Waals surface area contributed by atoms with Gasteiger partial charge in [-0.2, -0.15) is 0 Å². The highest BCUT2D eigenvalue weighted by molar-refractivity contribution is 5.71. The molecule has 0 aliphatic rings. The molecule has 1 unspecified atom stereocenters. The van der Waals surface area contributed by atoms with Gasteiger partial charge in [-0.1, -0.05) is 329 Å². The van der Waals surface area contributed by atoms with Crippen molar-refractivity contribution in [1.29, 1.82) is 0 Å². The molecule has 1 atom stereocenters. The molecule has 0 saturated heterocycles. The van der Waals surface area contributed by atoms with Gasteiger partial charge in [0, 0.05) is 19.3 Å². The fourth-order valence-corrected chi connectivity index (χ4v) is 10.1. The van der Waals surface area contributed by atoms with Crippen LogP contribution in [0.25, 0.3) is 0 Å². The number of rotatable bonds is 64. The standard InChI is InChI=1S/C77H132O6/c1-4-7-10-13-16-19-22-25-28-29-30-31-32-33-34-35-36-37-38-39-40-41-42-43-44-45-46-47-50-52-55-58-61-64-67-70-76(79)82-73-74(83-77(80)71-68-65-62-59-56-53-49-27-24-21-18-15-12-9-6-3)72-81-75(78)69-66-63-60-57-54-51-48-26-23-20-17-14-11-8-5-2/h7,9-10,12,16,18-19,21,25,27-28,30-31,33-34,49,56,59,74H,4-6,8,11,13-15,17,20,22-24,26,29,32,35-48,50-55,57-58,60-73H2,1-3H3/b10-7-,12-9-,19-16-,21-18-,28-25-,31-30-,34-33-,49-27-,59-56-. The lowest BCUT2D eigenvalue weighted by Crippen LogP contribution is -2.30. The summed E-state index contributed by atoms with van der Waals surface area (Å²) in [4.78, 5) is 38.4. The summed E-state index contributed by atoms with van der Waals surface area (Å²) in [6, 6.07) is 0. The van der Waals surface area contributed by atoms with E-state index in [1.165, 1.54) is 186 Å². The summed E-state index contributed by atoms with van der Waals surface area (Å²) in [5.41, 5.74) is 0. The maximum atomic E-state index is 12.9. The molecule has 0 aromatic rings. The predicted octanol–water partition coefficient (Wildman–Crippen LogP) is 24.6. The molecule has 0 saturated carbocycles. The van der Waals surface area contributed by atoms with Crippen LogP contribution in [0.15, 0.2) is 109 Å². The highest BCUT2D eigenvalue weighted by Gasteiger charge is 2.19. The summed E-state index contributed by atoms with van der Waals surface area (Å²) >= 11 is 0. The number of esters is 3. The molecule has 0 heterocycles. The van der Waals surface area contributed by atoms with E-state index in [1.807, 2.05) is 0 Å². The summed E-state index contributed by atoms with van der Waals surface area (Å²) in [7, 11) is 0. The highest BCUT2D eigenvalue weighted by atomic mass is 16.6. The van der Waals surface area contributed by atoms with E-state index in [4.69, 9.17) is 14.2 Å². The Bertz CT molecular complexity index is 1660. The third kappa shape index (κ3) is 68.7. The number of unbranched alkanes of at least 4 members (excludes halogenated alkanes) is 35. The molecule has 0 aliphatic heterocycles. The second-order valence-electron chi connectivity index (χ2n) is 23.4. The molecule has 0 amide bonds. The van der Waals surface area contributed by atoms with E-state index >= 15 is 0 Å². The van der Waals surface area contributed by atoms with Crippen molar-refractivity contribution in [2.24, 2.45) is 0 Å². The van der Waals surface area contributed by atoms with E-state index < -0.39 is 6.10 Å². The average molecular weight is 1150 g/mol. The first-order valence-electron chi connectivity index (χ1n) is 35.4. The first-order chi connectivity index (χ1) is 41.0. The van der Waals surface area contributed by atoms with Crippen LogP contribution in [0.1, 0.15) is 342 Å². The normalized spacial score (nSPS) is 12.8. The molecule has 0 spiro atoms. The lowest BCUT2D eigenvalue weighted by molar-refractivity contribution is -0.167. The lowest BCUT2D eigenvalue weighted by Gasteiger charge is -2.18. The quantitative estimate of drug-likeness (QED) is 0.0261. The lowest BCUT2D eigenvalue weighted by atomic mass is 10.0. The van der Waals surface area contributed by atoms with E-state index in [0.717, 1.165) is 109 Å². The molecule has 476 valence electrons. The van der Waals surface area contributed by atoms with Crippen molar-refractivity contribution in [3.63, 3.8) is 0 Å².